The Morgan fingerprint density at radius 3 is 2.23 bits per heavy atom. The molecule has 2 fully saturated rings. The number of nitro groups is 1. The van der Waals surface area contributed by atoms with Crippen molar-refractivity contribution >= 4 is 50.5 Å². The minimum Gasteiger partial charge on any atom is -0.368 e. The fourth-order valence-electron chi connectivity index (χ4n) is 6.29. The van der Waals surface area contributed by atoms with Gasteiger partial charge in [0.15, 0.2) is 4.96 Å². The monoisotopic (exact) mass is 545 g/mol. The van der Waals surface area contributed by atoms with E-state index in [4.69, 9.17) is 4.98 Å². The second-order valence-corrected chi connectivity index (χ2v) is 12.3. The lowest BCUT2D eigenvalue weighted by Gasteiger charge is -2.39. The Morgan fingerprint density at radius 2 is 1.59 bits per heavy atom. The lowest BCUT2D eigenvalue weighted by atomic mass is 9.98. The molecule has 2 aromatic heterocycles. The van der Waals surface area contributed by atoms with Gasteiger partial charge in [0, 0.05) is 42.5 Å². The van der Waals surface area contributed by atoms with Gasteiger partial charge in [-0.05, 0) is 102 Å². The van der Waals surface area contributed by atoms with Crippen LogP contribution in [0, 0.1) is 24.0 Å². The number of piperidine rings is 2. The number of aryl methyl sites for hydroxylation is 2. The Kier molecular flexibility index (Phi) is 6.57. The Hall–Kier alpha value is -3.46. The van der Waals surface area contributed by atoms with Crippen LogP contribution in [-0.2, 0) is 0 Å². The Labute approximate surface area is 231 Å². The zero-order chi connectivity index (χ0) is 27.4. The average Bonchev–Trinajstić information content (AvgIpc) is 3.40. The number of rotatable bonds is 4. The van der Waals surface area contributed by atoms with Gasteiger partial charge in [-0.15, -0.1) is 0 Å². The van der Waals surface area contributed by atoms with Crippen molar-refractivity contribution in [3.63, 3.8) is 0 Å². The second-order valence-electron chi connectivity index (χ2n) is 11.3. The first-order valence-electron chi connectivity index (χ1n) is 14.0. The molecular formula is C30H35N5O3S. The number of aromatic nitrogens is 2. The third-order valence-corrected chi connectivity index (χ3v) is 9.66. The van der Waals surface area contributed by atoms with Crippen LogP contribution in [0.3, 0.4) is 0 Å². The first-order valence-corrected chi connectivity index (χ1v) is 14.8. The molecule has 2 atom stereocenters. The first kappa shape index (κ1) is 25.8. The van der Waals surface area contributed by atoms with E-state index in [1.807, 2.05) is 38.1 Å². The predicted octanol–water partition coefficient (Wildman–Crippen LogP) is 5.74. The average molecular weight is 546 g/mol. The molecule has 6 rings (SSSR count). The van der Waals surface area contributed by atoms with Crippen molar-refractivity contribution in [3.05, 3.63) is 66.0 Å². The molecule has 2 aromatic carbocycles. The van der Waals surface area contributed by atoms with E-state index < -0.39 is 0 Å². The number of imidazole rings is 1. The van der Waals surface area contributed by atoms with Crippen LogP contribution in [0.1, 0.15) is 69.1 Å². The zero-order valence-electron chi connectivity index (χ0n) is 23.1. The van der Waals surface area contributed by atoms with E-state index in [9.17, 15) is 14.9 Å². The van der Waals surface area contributed by atoms with E-state index in [0.717, 1.165) is 78.6 Å². The molecule has 0 spiro atoms. The zero-order valence-corrected chi connectivity index (χ0v) is 23.9. The van der Waals surface area contributed by atoms with E-state index in [1.54, 1.807) is 10.5 Å². The van der Waals surface area contributed by atoms with Crippen LogP contribution in [0.15, 0.2) is 29.1 Å². The molecule has 2 aliphatic rings. The highest BCUT2D eigenvalue weighted by Gasteiger charge is 2.30. The molecule has 2 aliphatic heterocycles. The third-order valence-electron chi connectivity index (χ3n) is 8.69. The fraction of sp³-hybridized carbons (Fsp3) is 0.467. The molecule has 8 nitrogen and oxygen atoms in total. The highest BCUT2D eigenvalue weighted by molar-refractivity contribution is 7.15. The van der Waals surface area contributed by atoms with Crippen LogP contribution in [0.4, 0.5) is 17.1 Å². The van der Waals surface area contributed by atoms with Crippen molar-refractivity contribution in [3.8, 4) is 0 Å². The smallest absolute Gasteiger partial charge is 0.293 e. The molecule has 4 aromatic rings. The summed E-state index contributed by atoms with van der Waals surface area (Å²) in [4.78, 5) is 35.7. The van der Waals surface area contributed by atoms with Gasteiger partial charge in [0.05, 0.1) is 20.5 Å². The van der Waals surface area contributed by atoms with Gasteiger partial charge in [-0.25, -0.2) is 9.38 Å². The summed E-state index contributed by atoms with van der Waals surface area (Å²) in [7, 11) is 0. The number of benzene rings is 2. The summed E-state index contributed by atoms with van der Waals surface area (Å²) in [6.07, 6.45) is 8.40. The molecule has 204 valence electrons. The van der Waals surface area contributed by atoms with Gasteiger partial charge in [-0.1, -0.05) is 11.3 Å². The van der Waals surface area contributed by atoms with Crippen LogP contribution < -0.4 is 19.9 Å². The molecule has 2 saturated heterocycles. The summed E-state index contributed by atoms with van der Waals surface area (Å²) in [5.41, 5.74) is 6.24. The van der Waals surface area contributed by atoms with Crippen molar-refractivity contribution in [2.45, 2.75) is 78.3 Å². The second kappa shape index (κ2) is 9.93. The van der Waals surface area contributed by atoms with E-state index in [-0.39, 0.29) is 22.2 Å². The predicted molar refractivity (Wildman–Crippen MR) is 160 cm³/mol. The maximum Gasteiger partial charge on any atom is 0.293 e. The Bertz CT molecular complexity index is 1710. The lowest BCUT2D eigenvalue weighted by molar-refractivity contribution is -0.384. The van der Waals surface area contributed by atoms with E-state index >= 15 is 0 Å². The molecule has 0 bridgehead atoms. The summed E-state index contributed by atoms with van der Waals surface area (Å²) < 4.78 is 2.22. The van der Waals surface area contributed by atoms with Crippen LogP contribution in [0.25, 0.3) is 22.1 Å². The molecule has 9 heteroatoms. The summed E-state index contributed by atoms with van der Waals surface area (Å²) in [5.74, 6) is 0. The first-order chi connectivity index (χ1) is 18.7. The topological polar surface area (TPSA) is 84.0 Å². The number of hydrogen-bond donors (Lipinski definition) is 0. The van der Waals surface area contributed by atoms with Crippen molar-refractivity contribution < 1.29 is 4.92 Å². The van der Waals surface area contributed by atoms with Gasteiger partial charge in [0.2, 0.25) is 0 Å². The van der Waals surface area contributed by atoms with Crippen LogP contribution in [0.5, 0.6) is 0 Å². The third kappa shape index (κ3) is 4.46. The molecule has 0 saturated carbocycles. The van der Waals surface area contributed by atoms with Gasteiger partial charge in [0.1, 0.15) is 5.69 Å². The molecule has 0 radical (unpaired) electrons. The van der Waals surface area contributed by atoms with Crippen LogP contribution in [-0.4, -0.2) is 39.5 Å². The maximum atomic E-state index is 13.7. The Balaban J connectivity index is 1.57. The van der Waals surface area contributed by atoms with Crippen LogP contribution in [0.2, 0.25) is 0 Å². The molecule has 4 heterocycles. The number of nitro benzene ring substituents is 1. The number of hydrogen-bond acceptors (Lipinski definition) is 7. The minimum absolute atomic E-state index is 0.105. The number of fused-ring (bicyclic) bond motifs is 3. The van der Waals surface area contributed by atoms with E-state index in [1.165, 1.54) is 17.8 Å². The number of thiazole rings is 1. The summed E-state index contributed by atoms with van der Waals surface area (Å²) in [6.45, 7) is 10.2. The lowest BCUT2D eigenvalue weighted by Crippen LogP contribution is -2.40. The molecular weight excluding hydrogens is 510 g/mol. The van der Waals surface area contributed by atoms with E-state index in [0.29, 0.717) is 21.2 Å². The van der Waals surface area contributed by atoms with Gasteiger partial charge in [-0.2, -0.15) is 0 Å². The summed E-state index contributed by atoms with van der Waals surface area (Å²) >= 11 is 1.34. The van der Waals surface area contributed by atoms with Gasteiger partial charge >= 0.3 is 0 Å². The van der Waals surface area contributed by atoms with Crippen molar-refractivity contribution in [2.24, 2.45) is 0 Å². The highest BCUT2D eigenvalue weighted by atomic mass is 32.1. The van der Waals surface area contributed by atoms with Crippen molar-refractivity contribution in [2.75, 3.05) is 22.9 Å². The van der Waals surface area contributed by atoms with Crippen molar-refractivity contribution in [1.82, 2.24) is 9.38 Å². The fourth-order valence-corrected chi connectivity index (χ4v) is 7.27. The quantitative estimate of drug-likeness (QED) is 0.240. The Morgan fingerprint density at radius 1 is 0.949 bits per heavy atom. The number of nitrogens with zero attached hydrogens (tertiary/aromatic N) is 5. The molecule has 39 heavy (non-hydrogen) atoms. The SMILES string of the molecule is Cc1cc2nc3s/c(=C/c4cc([N+](=O)[O-])c(N5CCCC[C@H]5C)cc4N4CCCC[C@@H]4C)c(=O)n3c2cc1C. The van der Waals surface area contributed by atoms with Gasteiger partial charge < -0.3 is 9.80 Å². The molecule has 0 unspecified atom stereocenters. The molecule has 0 N–H and O–H groups in total. The maximum absolute atomic E-state index is 13.7. The van der Waals surface area contributed by atoms with Gasteiger partial charge in [-0.3, -0.25) is 14.9 Å². The normalized spacial score (nSPS) is 20.9. The summed E-state index contributed by atoms with van der Waals surface area (Å²) in [6, 6.07) is 8.33. The largest absolute Gasteiger partial charge is 0.368 e. The molecule has 0 aliphatic carbocycles. The van der Waals surface area contributed by atoms with Crippen LogP contribution >= 0.6 is 11.3 Å². The standard InChI is InChI=1S/C30H35N5O3S/c1-18-13-23-25(14-19(18)2)34-29(36)28(39-30(34)31-23)16-22-15-27(35(37)38)26(33-12-8-6-10-21(33)4)17-24(22)32-11-7-5-9-20(32)3/h13-17,20-21H,5-12H2,1-4H3/b28-16+/t20-,21+/m0/s1. The minimum atomic E-state index is -0.268. The van der Waals surface area contributed by atoms with Crippen molar-refractivity contribution in [1.29, 1.82) is 0 Å². The number of anilines is 2. The summed E-state index contributed by atoms with van der Waals surface area (Å²) in [5, 5.41) is 12.4. The van der Waals surface area contributed by atoms with Gasteiger partial charge in [0.25, 0.3) is 11.2 Å². The van der Waals surface area contributed by atoms with E-state index in [2.05, 4.69) is 23.6 Å². The highest BCUT2D eigenvalue weighted by Crippen LogP contribution is 2.40. The molecule has 0 amide bonds.